The van der Waals surface area contributed by atoms with Crippen LogP contribution < -0.4 is 10.2 Å². The third-order valence-electron chi connectivity index (χ3n) is 4.17. The van der Waals surface area contributed by atoms with Gasteiger partial charge in [-0.25, -0.2) is 9.97 Å². The first kappa shape index (κ1) is 11.9. The molecule has 1 N–H and O–H groups in total. The lowest BCUT2D eigenvalue weighted by Gasteiger charge is -2.39. The number of nitrogens with zero attached hydrogens (tertiary/aromatic N) is 3. The summed E-state index contributed by atoms with van der Waals surface area (Å²) in [5.74, 6) is 1.20. The zero-order valence-corrected chi connectivity index (χ0v) is 11.2. The van der Waals surface area contributed by atoms with Crippen LogP contribution in [0.5, 0.6) is 0 Å². The summed E-state index contributed by atoms with van der Waals surface area (Å²) in [7, 11) is 0. The molecule has 0 radical (unpaired) electrons. The number of rotatable bonds is 3. The van der Waals surface area contributed by atoms with Crippen molar-refractivity contribution >= 4 is 5.82 Å². The summed E-state index contributed by atoms with van der Waals surface area (Å²) in [5.41, 5.74) is 2.71. The Kier molecular flexibility index (Phi) is 3.46. The van der Waals surface area contributed by atoms with Gasteiger partial charge in [0.15, 0.2) is 0 Å². The minimum atomic E-state index is 0.622. The van der Waals surface area contributed by atoms with Crippen LogP contribution >= 0.6 is 0 Å². The Morgan fingerprint density at radius 2 is 2.06 bits per heavy atom. The van der Waals surface area contributed by atoms with Gasteiger partial charge in [-0.1, -0.05) is 6.42 Å². The lowest BCUT2D eigenvalue weighted by atomic mass is 10.1. The maximum atomic E-state index is 4.59. The van der Waals surface area contributed by atoms with Crippen LogP contribution in [0.1, 0.15) is 37.4 Å². The first-order chi connectivity index (χ1) is 8.90. The fraction of sp³-hybridized carbons (Fsp3) is 0.714. The van der Waals surface area contributed by atoms with E-state index in [2.05, 4.69) is 27.1 Å². The highest BCUT2D eigenvalue weighted by molar-refractivity contribution is 5.50. The average Bonchev–Trinajstić information content (AvgIpc) is 2.58. The van der Waals surface area contributed by atoms with Gasteiger partial charge < -0.3 is 10.2 Å². The van der Waals surface area contributed by atoms with Gasteiger partial charge in [0.2, 0.25) is 0 Å². The normalized spacial score (nSPS) is 19.8. The number of aryl methyl sites for hydroxylation is 1. The Labute approximate surface area is 109 Å². The average molecular weight is 246 g/mol. The van der Waals surface area contributed by atoms with Crippen molar-refractivity contribution in [1.82, 2.24) is 15.3 Å². The number of hydrogen-bond donors (Lipinski definition) is 1. The van der Waals surface area contributed by atoms with E-state index in [0.29, 0.717) is 6.04 Å². The minimum Gasteiger partial charge on any atom is -0.351 e. The highest BCUT2D eigenvalue weighted by atomic mass is 15.3. The number of likely N-dealkylation sites (N-methyl/N-ethyl adjacent to an activating group) is 1. The van der Waals surface area contributed by atoms with Gasteiger partial charge in [0, 0.05) is 30.9 Å². The largest absolute Gasteiger partial charge is 0.351 e. The van der Waals surface area contributed by atoms with E-state index >= 15 is 0 Å². The molecule has 2 aliphatic rings. The highest BCUT2D eigenvalue weighted by Gasteiger charge is 2.27. The van der Waals surface area contributed by atoms with Crippen LogP contribution in [0.4, 0.5) is 5.82 Å². The summed E-state index contributed by atoms with van der Waals surface area (Å²) >= 11 is 0. The van der Waals surface area contributed by atoms with E-state index in [1.54, 1.807) is 6.33 Å². The van der Waals surface area contributed by atoms with Gasteiger partial charge in [0.1, 0.15) is 12.1 Å². The SMILES string of the molecule is CCN(c1ncnc2c1CCCCC2)C1CNC1. The second-order valence-corrected chi connectivity index (χ2v) is 5.28. The van der Waals surface area contributed by atoms with E-state index in [9.17, 15) is 0 Å². The molecule has 4 nitrogen and oxygen atoms in total. The molecule has 4 heteroatoms. The minimum absolute atomic E-state index is 0.622. The molecule has 0 amide bonds. The van der Waals surface area contributed by atoms with Crippen molar-refractivity contribution in [1.29, 1.82) is 0 Å². The predicted octanol–water partition coefficient (Wildman–Crippen LogP) is 1.54. The van der Waals surface area contributed by atoms with Crippen LogP contribution in [0.15, 0.2) is 6.33 Å². The van der Waals surface area contributed by atoms with Crippen molar-refractivity contribution in [2.24, 2.45) is 0 Å². The Bertz CT molecular complexity index is 414. The van der Waals surface area contributed by atoms with Crippen LogP contribution in [-0.4, -0.2) is 35.6 Å². The van der Waals surface area contributed by atoms with Gasteiger partial charge in [-0.2, -0.15) is 0 Å². The summed E-state index contributed by atoms with van der Waals surface area (Å²) in [6.45, 7) is 5.44. The lowest BCUT2D eigenvalue weighted by molar-refractivity contribution is 0.414. The number of nitrogens with one attached hydrogen (secondary N) is 1. The van der Waals surface area contributed by atoms with Crippen molar-refractivity contribution in [3.8, 4) is 0 Å². The standard InChI is InChI=1S/C14H22N4/c1-2-18(11-8-15-9-11)14-12-6-4-3-5-7-13(12)16-10-17-14/h10-11,15H,2-9H2,1H3. The monoisotopic (exact) mass is 246 g/mol. The zero-order valence-electron chi connectivity index (χ0n) is 11.2. The smallest absolute Gasteiger partial charge is 0.135 e. The van der Waals surface area contributed by atoms with E-state index < -0.39 is 0 Å². The predicted molar refractivity (Wildman–Crippen MR) is 73.0 cm³/mol. The second-order valence-electron chi connectivity index (χ2n) is 5.28. The molecule has 0 aromatic carbocycles. The molecule has 0 spiro atoms. The number of anilines is 1. The van der Waals surface area contributed by atoms with Crippen molar-refractivity contribution in [2.45, 2.75) is 45.1 Å². The Balaban J connectivity index is 1.94. The molecule has 1 aliphatic heterocycles. The molecular weight excluding hydrogens is 224 g/mol. The van der Waals surface area contributed by atoms with Crippen LogP contribution in [-0.2, 0) is 12.8 Å². The Morgan fingerprint density at radius 1 is 1.22 bits per heavy atom. The van der Waals surface area contributed by atoms with Crippen LogP contribution in [0, 0.1) is 0 Å². The zero-order chi connectivity index (χ0) is 12.4. The first-order valence-electron chi connectivity index (χ1n) is 7.20. The van der Waals surface area contributed by atoms with Gasteiger partial charge in [-0.15, -0.1) is 0 Å². The third-order valence-corrected chi connectivity index (χ3v) is 4.17. The molecule has 3 rings (SSSR count). The summed E-state index contributed by atoms with van der Waals surface area (Å²) in [6, 6.07) is 0.622. The molecule has 98 valence electrons. The van der Waals surface area contributed by atoms with Crippen LogP contribution in [0.25, 0.3) is 0 Å². The summed E-state index contributed by atoms with van der Waals surface area (Å²) < 4.78 is 0. The second kappa shape index (κ2) is 5.22. The molecule has 0 bridgehead atoms. The Morgan fingerprint density at radius 3 is 2.78 bits per heavy atom. The molecule has 0 unspecified atom stereocenters. The van der Waals surface area contributed by atoms with Crippen molar-refractivity contribution < 1.29 is 0 Å². The summed E-state index contributed by atoms with van der Waals surface area (Å²) in [4.78, 5) is 11.6. The molecule has 1 saturated heterocycles. The van der Waals surface area contributed by atoms with Gasteiger partial charge >= 0.3 is 0 Å². The molecule has 1 aromatic heterocycles. The molecule has 0 saturated carbocycles. The van der Waals surface area contributed by atoms with E-state index in [1.807, 2.05) is 0 Å². The molecular formula is C14H22N4. The van der Waals surface area contributed by atoms with Gasteiger partial charge in [0.05, 0.1) is 6.04 Å². The van der Waals surface area contributed by atoms with Crippen LogP contribution in [0.3, 0.4) is 0 Å². The van der Waals surface area contributed by atoms with E-state index in [0.717, 1.165) is 32.5 Å². The fourth-order valence-electron chi connectivity index (χ4n) is 3.00. The molecule has 2 heterocycles. The van der Waals surface area contributed by atoms with E-state index in [-0.39, 0.29) is 0 Å². The quantitative estimate of drug-likeness (QED) is 0.822. The molecule has 1 aliphatic carbocycles. The van der Waals surface area contributed by atoms with Gasteiger partial charge in [-0.05, 0) is 32.6 Å². The highest BCUT2D eigenvalue weighted by Crippen LogP contribution is 2.28. The van der Waals surface area contributed by atoms with Crippen LogP contribution in [0.2, 0.25) is 0 Å². The Hall–Kier alpha value is -1.16. The van der Waals surface area contributed by atoms with E-state index in [4.69, 9.17) is 0 Å². The molecule has 1 fully saturated rings. The third kappa shape index (κ3) is 2.09. The number of aromatic nitrogens is 2. The maximum absolute atomic E-state index is 4.59. The maximum Gasteiger partial charge on any atom is 0.135 e. The van der Waals surface area contributed by atoms with E-state index in [1.165, 1.54) is 36.3 Å². The topological polar surface area (TPSA) is 41.1 Å². The molecule has 0 atom stereocenters. The van der Waals surface area contributed by atoms with Crippen molar-refractivity contribution in [3.05, 3.63) is 17.6 Å². The van der Waals surface area contributed by atoms with Crippen molar-refractivity contribution in [2.75, 3.05) is 24.5 Å². The lowest BCUT2D eigenvalue weighted by Crippen LogP contribution is -2.57. The number of fused-ring (bicyclic) bond motifs is 1. The first-order valence-corrected chi connectivity index (χ1v) is 7.20. The number of hydrogen-bond acceptors (Lipinski definition) is 4. The summed E-state index contributed by atoms with van der Waals surface area (Å²) in [6.07, 6.45) is 7.93. The molecule has 1 aromatic rings. The van der Waals surface area contributed by atoms with Gasteiger partial charge in [-0.3, -0.25) is 0 Å². The van der Waals surface area contributed by atoms with Crippen molar-refractivity contribution in [3.63, 3.8) is 0 Å². The molecule has 18 heavy (non-hydrogen) atoms. The van der Waals surface area contributed by atoms with Gasteiger partial charge in [0.25, 0.3) is 0 Å². The summed E-state index contributed by atoms with van der Waals surface area (Å²) in [5, 5.41) is 3.35. The fourth-order valence-corrected chi connectivity index (χ4v) is 3.00.